The van der Waals surface area contributed by atoms with Crippen molar-refractivity contribution in [2.24, 2.45) is 7.05 Å². The van der Waals surface area contributed by atoms with Gasteiger partial charge >= 0.3 is 10.3 Å². The number of hydrogen-bond acceptors (Lipinski definition) is 7. The third-order valence-corrected chi connectivity index (χ3v) is 4.78. The highest BCUT2D eigenvalue weighted by atomic mass is 32.2. The predicted molar refractivity (Wildman–Crippen MR) is 115 cm³/mol. The maximum absolute atomic E-state index is 10.9. The minimum atomic E-state index is -4.30. The Kier molecular flexibility index (Phi) is 5.21. The zero-order chi connectivity index (χ0) is 21.1. The van der Waals surface area contributed by atoms with Gasteiger partial charge in [0.25, 0.3) is 0 Å². The Labute approximate surface area is 172 Å². The molecule has 0 saturated carbocycles. The van der Waals surface area contributed by atoms with E-state index >= 15 is 0 Å². The summed E-state index contributed by atoms with van der Waals surface area (Å²) in [6, 6.07) is 16.2. The van der Waals surface area contributed by atoms with Gasteiger partial charge in [0.15, 0.2) is 5.65 Å². The fourth-order valence-corrected chi connectivity index (χ4v) is 3.32. The zero-order valence-electron chi connectivity index (χ0n) is 15.9. The lowest BCUT2D eigenvalue weighted by Gasteiger charge is -2.11. The molecule has 4 aromatic rings. The van der Waals surface area contributed by atoms with Gasteiger partial charge in [-0.3, -0.25) is 14.0 Å². The van der Waals surface area contributed by atoms with Crippen LogP contribution in [0.5, 0.6) is 0 Å². The van der Waals surface area contributed by atoms with E-state index in [1.807, 2.05) is 42.1 Å². The van der Waals surface area contributed by atoms with Crippen LogP contribution in [-0.4, -0.2) is 32.7 Å². The summed E-state index contributed by atoms with van der Waals surface area (Å²) in [7, 11) is -2.48. The van der Waals surface area contributed by atoms with Gasteiger partial charge in [0.1, 0.15) is 5.82 Å². The summed E-state index contributed by atoms with van der Waals surface area (Å²) in [6.07, 6.45) is 1.70. The number of hydrogen-bond donors (Lipinski definition) is 4. The molecule has 0 aliphatic rings. The molecule has 10 nitrogen and oxygen atoms in total. The molecule has 11 heteroatoms. The molecule has 0 amide bonds. The fraction of sp³-hybridized carbons (Fsp3) is 0.105. The number of anilines is 4. The fourth-order valence-electron chi connectivity index (χ4n) is 2.89. The predicted octanol–water partition coefficient (Wildman–Crippen LogP) is 2.93. The molecule has 2 aromatic carbocycles. The molecule has 0 spiro atoms. The van der Waals surface area contributed by atoms with Gasteiger partial charge < -0.3 is 10.6 Å². The van der Waals surface area contributed by atoms with Gasteiger partial charge in [-0.1, -0.05) is 30.3 Å². The molecule has 2 aromatic heterocycles. The minimum absolute atomic E-state index is 0.271. The van der Waals surface area contributed by atoms with E-state index in [-0.39, 0.29) is 5.69 Å². The normalized spacial score (nSPS) is 11.4. The first kappa shape index (κ1) is 19.6. The van der Waals surface area contributed by atoms with E-state index in [4.69, 9.17) is 4.55 Å². The highest BCUT2D eigenvalue weighted by Gasteiger charge is 2.12. The molecule has 4 rings (SSSR count). The number of fused-ring (bicyclic) bond motifs is 1. The second-order valence-corrected chi connectivity index (χ2v) is 7.67. The van der Waals surface area contributed by atoms with Gasteiger partial charge in [0, 0.05) is 19.3 Å². The van der Waals surface area contributed by atoms with Crippen molar-refractivity contribution in [3.63, 3.8) is 0 Å². The Balaban J connectivity index is 1.56. The summed E-state index contributed by atoms with van der Waals surface area (Å²) >= 11 is 0. The number of aryl methyl sites for hydroxylation is 1. The van der Waals surface area contributed by atoms with E-state index < -0.39 is 10.3 Å². The molecule has 4 N–H and O–H groups in total. The van der Waals surface area contributed by atoms with Crippen LogP contribution in [0.4, 0.5) is 23.1 Å². The van der Waals surface area contributed by atoms with Crippen LogP contribution in [0.1, 0.15) is 5.56 Å². The van der Waals surface area contributed by atoms with Crippen LogP contribution in [0, 0.1) is 0 Å². The Morgan fingerprint density at radius 3 is 2.43 bits per heavy atom. The number of benzene rings is 2. The van der Waals surface area contributed by atoms with E-state index in [0.29, 0.717) is 24.0 Å². The maximum atomic E-state index is 10.9. The lowest BCUT2D eigenvalue weighted by Crippen LogP contribution is -2.10. The molecule has 0 saturated heterocycles. The Morgan fingerprint density at radius 1 is 1.00 bits per heavy atom. The van der Waals surface area contributed by atoms with Gasteiger partial charge in [-0.15, -0.1) is 0 Å². The van der Waals surface area contributed by atoms with Crippen molar-refractivity contribution in [3.05, 3.63) is 66.4 Å². The monoisotopic (exact) mass is 425 g/mol. The number of nitrogens with zero attached hydrogens (tertiary/aromatic N) is 4. The largest absolute Gasteiger partial charge is 0.365 e. The number of para-hydroxylation sites is 1. The third kappa shape index (κ3) is 4.64. The molecular weight excluding hydrogens is 406 g/mol. The Morgan fingerprint density at radius 2 is 1.73 bits per heavy atom. The van der Waals surface area contributed by atoms with Crippen molar-refractivity contribution >= 4 is 44.5 Å². The molecule has 0 atom stereocenters. The molecule has 2 heterocycles. The average Bonchev–Trinajstić information content (AvgIpc) is 3.08. The zero-order valence-corrected chi connectivity index (χ0v) is 16.8. The Bertz CT molecular complexity index is 1270. The standard InChI is InChI=1S/C19H19N7O3S/c1-26-18-16(12-21-26)17(23-19(24-18)22-14-5-3-2-4-6-14)20-11-13-7-9-15(10-8-13)25-30(27,28)29/h2-10,12,25H,11H2,1H3,(H,27,28,29)(H2,20,22,23,24). The van der Waals surface area contributed by atoms with Crippen molar-refractivity contribution in [1.82, 2.24) is 19.7 Å². The van der Waals surface area contributed by atoms with E-state index in [1.165, 1.54) is 0 Å². The highest BCUT2D eigenvalue weighted by molar-refractivity contribution is 7.87. The highest BCUT2D eigenvalue weighted by Crippen LogP contribution is 2.24. The SMILES string of the molecule is Cn1ncc2c(NCc3ccc(NS(=O)(=O)O)cc3)nc(Nc3ccccc3)nc21. The summed E-state index contributed by atoms with van der Waals surface area (Å²) in [6.45, 7) is 0.442. The van der Waals surface area contributed by atoms with Crippen LogP contribution in [0.3, 0.4) is 0 Å². The summed E-state index contributed by atoms with van der Waals surface area (Å²) in [5, 5.41) is 11.5. The van der Waals surface area contributed by atoms with Gasteiger partial charge in [0.2, 0.25) is 5.95 Å². The van der Waals surface area contributed by atoms with Gasteiger partial charge in [-0.25, -0.2) is 0 Å². The number of rotatable bonds is 7. The Hall–Kier alpha value is -3.70. The molecule has 0 fully saturated rings. The van der Waals surface area contributed by atoms with Crippen molar-refractivity contribution in [3.8, 4) is 0 Å². The van der Waals surface area contributed by atoms with E-state index in [9.17, 15) is 8.42 Å². The second-order valence-electron chi connectivity index (χ2n) is 6.52. The lowest BCUT2D eigenvalue weighted by atomic mass is 10.2. The average molecular weight is 425 g/mol. The topological polar surface area (TPSA) is 134 Å². The maximum Gasteiger partial charge on any atom is 0.357 e. The van der Waals surface area contributed by atoms with E-state index in [1.54, 1.807) is 35.1 Å². The van der Waals surface area contributed by atoms with Gasteiger partial charge in [0.05, 0.1) is 17.3 Å². The second kappa shape index (κ2) is 7.97. The van der Waals surface area contributed by atoms with Crippen LogP contribution in [0.2, 0.25) is 0 Å². The van der Waals surface area contributed by atoms with Crippen molar-refractivity contribution in [2.75, 3.05) is 15.4 Å². The smallest absolute Gasteiger partial charge is 0.357 e. The molecule has 30 heavy (non-hydrogen) atoms. The van der Waals surface area contributed by atoms with Crippen molar-refractivity contribution < 1.29 is 13.0 Å². The van der Waals surface area contributed by atoms with Gasteiger partial charge in [-0.2, -0.15) is 23.5 Å². The van der Waals surface area contributed by atoms with Crippen LogP contribution in [0.15, 0.2) is 60.8 Å². The first-order valence-electron chi connectivity index (χ1n) is 8.97. The number of nitrogens with one attached hydrogen (secondary N) is 3. The molecule has 0 bridgehead atoms. The van der Waals surface area contributed by atoms with E-state index in [0.717, 1.165) is 16.6 Å². The summed E-state index contributed by atoms with van der Waals surface area (Å²) in [5.41, 5.74) is 2.71. The molecule has 0 radical (unpaired) electrons. The van der Waals surface area contributed by atoms with Crippen molar-refractivity contribution in [2.45, 2.75) is 6.54 Å². The van der Waals surface area contributed by atoms with Crippen LogP contribution >= 0.6 is 0 Å². The summed E-state index contributed by atoms with van der Waals surface area (Å²) in [5.74, 6) is 1.05. The van der Waals surface area contributed by atoms with Crippen LogP contribution in [0.25, 0.3) is 11.0 Å². The first-order valence-corrected chi connectivity index (χ1v) is 10.4. The molecule has 0 aliphatic carbocycles. The number of aromatic nitrogens is 4. The van der Waals surface area contributed by atoms with Crippen LogP contribution in [-0.2, 0) is 23.9 Å². The minimum Gasteiger partial charge on any atom is -0.365 e. The lowest BCUT2D eigenvalue weighted by molar-refractivity contribution is 0.489. The molecular formula is C19H19N7O3S. The molecule has 0 aliphatic heterocycles. The summed E-state index contributed by atoms with van der Waals surface area (Å²) in [4.78, 5) is 9.12. The van der Waals surface area contributed by atoms with Crippen LogP contribution < -0.4 is 15.4 Å². The quantitative estimate of drug-likeness (QED) is 0.332. The van der Waals surface area contributed by atoms with Gasteiger partial charge in [-0.05, 0) is 29.8 Å². The molecule has 154 valence electrons. The summed E-state index contributed by atoms with van der Waals surface area (Å²) < 4.78 is 34.3. The first-order chi connectivity index (χ1) is 14.4. The van der Waals surface area contributed by atoms with Crippen molar-refractivity contribution in [1.29, 1.82) is 0 Å². The molecule has 0 unspecified atom stereocenters. The van der Waals surface area contributed by atoms with E-state index in [2.05, 4.69) is 25.7 Å². The third-order valence-electron chi connectivity index (χ3n) is 4.28.